The van der Waals surface area contributed by atoms with Crippen LogP contribution in [0.25, 0.3) is 11.4 Å². The monoisotopic (exact) mass is 370 g/mol. The fourth-order valence-electron chi connectivity index (χ4n) is 3.77. The first-order chi connectivity index (χ1) is 13.0. The number of likely N-dealkylation sites (tertiary alicyclic amines) is 1. The largest absolute Gasteiger partial charge is 0.441 e. The van der Waals surface area contributed by atoms with Crippen molar-refractivity contribution in [2.24, 2.45) is 7.05 Å². The summed E-state index contributed by atoms with van der Waals surface area (Å²) in [6, 6.07) is 7.24. The molecule has 4 rings (SSSR count). The van der Waals surface area contributed by atoms with E-state index in [0.29, 0.717) is 37.4 Å². The Morgan fingerprint density at radius 3 is 2.56 bits per heavy atom. The molecule has 27 heavy (non-hydrogen) atoms. The van der Waals surface area contributed by atoms with Gasteiger partial charge in [0.2, 0.25) is 5.82 Å². The highest BCUT2D eigenvalue weighted by Crippen LogP contribution is 2.33. The quantitative estimate of drug-likeness (QED) is 0.792. The Hall–Kier alpha value is -2.97. The average molecular weight is 370 g/mol. The maximum Gasteiger partial charge on any atom is 0.410 e. The van der Waals surface area contributed by atoms with Crippen molar-refractivity contribution >= 4 is 12.0 Å². The summed E-state index contributed by atoms with van der Waals surface area (Å²) in [6.45, 7) is 1.83. The van der Waals surface area contributed by atoms with Crippen LogP contribution in [0, 0.1) is 0 Å². The molecule has 1 atom stereocenters. The summed E-state index contributed by atoms with van der Waals surface area (Å²) in [4.78, 5) is 29.5. The van der Waals surface area contributed by atoms with E-state index in [1.807, 2.05) is 17.0 Å². The van der Waals surface area contributed by atoms with Crippen LogP contribution in [-0.4, -0.2) is 74.3 Å². The Labute approximate surface area is 156 Å². The van der Waals surface area contributed by atoms with E-state index in [9.17, 15) is 9.59 Å². The van der Waals surface area contributed by atoms with Crippen LogP contribution in [0.5, 0.6) is 0 Å². The topological polar surface area (TPSA) is 93.5 Å². The predicted molar refractivity (Wildman–Crippen MR) is 95.8 cm³/mol. The highest BCUT2D eigenvalue weighted by Gasteiger charge is 2.44. The molecule has 0 aliphatic carbocycles. The zero-order chi connectivity index (χ0) is 19.0. The molecule has 2 amide bonds. The SMILES string of the molecule is CN1C[C@@]2(CCCN(C(=O)c3ccc(-c4nnn(C)n4)cc3)CC2)OC1=O. The molecule has 0 saturated carbocycles. The van der Waals surface area contributed by atoms with E-state index in [1.54, 1.807) is 31.1 Å². The summed E-state index contributed by atoms with van der Waals surface area (Å²) in [5.74, 6) is 0.517. The zero-order valence-corrected chi connectivity index (χ0v) is 15.5. The standard InChI is InChI=1S/C18H22N6O3/c1-22-12-18(27-17(22)26)8-3-10-24(11-9-18)16(25)14-6-4-13(5-7-14)15-19-21-23(2)20-15/h4-7H,3,8-12H2,1-2H3/t18-/m0/s1. The number of benzene rings is 1. The molecular formula is C18H22N6O3. The first kappa shape index (κ1) is 17.4. The molecule has 2 aromatic rings. The van der Waals surface area contributed by atoms with E-state index in [2.05, 4.69) is 15.4 Å². The van der Waals surface area contributed by atoms with Gasteiger partial charge in [-0.05, 0) is 30.2 Å². The van der Waals surface area contributed by atoms with E-state index in [1.165, 1.54) is 4.80 Å². The van der Waals surface area contributed by atoms with Gasteiger partial charge in [-0.1, -0.05) is 12.1 Å². The first-order valence-electron chi connectivity index (χ1n) is 9.04. The fourth-order valence-corrected chi connectivity index (χ4v) is 3.77. The highest BCUT2D eigenvalue weighted by molar-refractivity contribution is 5.94. The van der Waals surface area contributed by atoms with E-state index in [0.717, 1.165) is 18.4 Å². The molecule has 2 aliphatic rings. The Kier molecular flexibility index (Phi) is 4.29. The van der Waals surface area contributed by atoms with Crippen molar-refractivity contribution in [3.05, 3.63) is 29.8 Å². The molecule has 3 heterocycles. The number of tetrazole rings is 1. The fraction of sp³-hybridized carbons (Fsp3) is 0.500. The van der Waals surface area contributed by atoms with Crippen LogP contribution in [0.4, 0.5) is 4.79 Å². The number of hydrogen-bond acceptors (Lipinski definition) is 6. The maximum atomic E-state index is 12.9. The molecule has 0 radical (unpaired) electrons. The molecule has 0 unspecified atom stereocenters. The number of likely N-dealkylation sites (N-methyl/N-ethyl adjacent to an activating group) is 1. The lowest BCUT2D eigenvalue weighted by molar-refractivity contribution is 0.0438. The van der Waals surface area contributed by atoms with Crippen LogP contribution < -0.4 is 0 Å². The first-order valence-corrected chi connectivity index (χ1v) is 9.04. The van der Waals surface area contributed by atoms with Gasteiger partial charge in [0.05, 0.1) is 13.6 Å². The van der Waals surface area contributed by atoms with E-state index < -0.39 is 5.60 Å². The number of carbonyl (C=O) groups excluding carboxylic acids is 2. The molecule has 0 N–H and O–H groups in total. The molecule has 9 heteroatoms. The second-order valence-corrected chi connectivity index (χ2v) is 7.23. The summed E-state index contributed by atoms with van der Waals surface area (Å²) < 4.78 is 5.61. The number of hydrogen-bond donors (Lipinski definition) is 0. The molecule has 2 aliphatic heterocycles. The van der Waals surface area contributed by atoms with Gasteiger partial charge >= 0.3 is 6.09 Å². The minimum Gasteiger partial charge on any atom is -0.441 e. The summed E-state index contributed by atoms with van der Waals surface area (Å²) in [7, 11) is 3.46. The third-order valence-corrected chi connectivity index (χ3v) is 5.22. The molecule has 2 saturated heterocycles. The molecule has 2 fully saturated rings. The number of ether oxygens (including phenoxy) is 1. The lowest BCUT2D eigenvalue weighted by Crippen LogP contribution is -2.36. The second-order valence-electron chi connectivity index (χ2n) is 7.23. The lowest BCUT2D eigenvalue weighted by Gasteiger charge is -2.25. The smallest absolute Gasteiger partial charge is 0.410 e. The predicted octanol–water partition coefficient (Wildman–Crippen LogP) is 1.32. The van der Waals surface area contributed by atoms with Gasteiger partial charge in [0.1, 0.15) is 5.60 Å². The van der Waals surface area contributed by atoms with Gasteiger partial charge in [-0.2, -0.15) is 4.80 Å². The van der Waals surface area contributed by atoms with Crippen LogP contribution in [0.3, 0.4) is 0 Å². The van der Waals surface area contributed by atoms with Crippen molar-refractivity contribution in [2.45, 2.75) is 24.9 Å². The zero-order valence-electron chi connectivity index (χ0n) is 15.5. The average Bonchev–Trinajstić information content (AvgIpc) is 3.13. The van der Waals surface area contributed by atoms with Gasteiger partial charge in [-0.25, -0.2) is 4.79 Å². The van der Waals surface area contributed by atoms with Crippen molar-refractivity contribution in [1.29, 1.82) is 0 Å². The molecule has 9 nitrogen and oxygen atoms in total. The highest BCUT2D eigenvalue weighted by atomic mass is 16.6. The van der Waals surface area contributed by atoms with Crippen LogP contribution in [0.1, 0.15) is 29.6 Å². The van der Waals surface area contributed by atoms with Gasteiger partial charge < -0.3 is 14.5 Å². The molecular weight excluding hydrogens is 348 g/mol. The Balaban J connectivity index is 1.44. The van der Waals surface area contributed by atoms with Gasteiger partial charge in [0.25, 0.3) is 5.91 Å². The van der Waals surface area contributed by atoms with Crippen LogP contribution in [-0.2, 0) is 11.8 Å². The van der Waals surface area contributed by atoms with Crippen LogP contribution >= 0.6 is 0 Å². The number of aryl methyl sites for hydroxylation is 1. The summed E-state index contributed by atoms with van der Waals surface area (Å²) in [5, 5.41) is 12.0. The van der Waals surface area contributed by atoms with E-state index in [4.69, 9.17) is 4.74 Å². The van der Waals surface area contributed by atoms with Crippen molar-refractivity contribution in [3.8, 4) is 11.4 Å². The normalized spacial score (nSPS) is 22.8. The van der Waals surface area contributed by atoms with Gasteiger partial charge in [0, 0.05) is 37.7 Å². The van der Waals surface area contributed by atoms with Gasteiger partial charge in [-0.3, -0.25) is 4.79 Å². The molecule has 1 aromatic heterocycles. The minimum atomic E-state index is -0.456. The Bertz CT molecular complexity index is 864. The Morgan fingerprint density at radius 1 is 1.15 bits per heavy atom. The van der Waals surface area contributed by atoms with Crippen molar-refractivity contribution in [2.75, 3.05) is 26.7 Å². The number of amides is 2. The lowest BCUT2D eigenvalue weighted by atomic mass is 9.95. The molecule has 1 aromatic carbocycles. The number of rotatable bonds is 2. The third-order valence-electron chi connectivity index (χ3n) is 5.22. The minimum absolute atomic E-state index is 0.0108. The van der Waals surface area contributed by atoms with Crippen molar-refractivity contribution < 1.29 is 14.3 Å². The number of carbonyl (C=O) groups is 2. The summed E-state index contributed by atoms with van der Waals surface area (Å²) >= 11 is 0. The second kappa shape index (κ2) is 6.64. The Morgan fingerprint density at radius 2 is 1.93 bits per heavy atom. The van der Waals surface area contributed by atoms with Crippen LogP contribution in [0.15, 0.2) is 24.3 Å². The summed E-state index contributed by atoms with van der Waals surface area (Å²) in [6.07, 6.45) is 1.98. The van der Waals surface area contributed by atoms with Crippen LogP contribution in [0.2, 0.25) is 0 Å². The summed E-state index contributed by atoms with van der Waals surface area (Å²) in [5.41, 5.74) is 0.983. The molecule has 0 bridgehead atoms. The molecule has 1 spiro atoms. The van der Waals surface area contributed by atoms with E-state index >= 15 is 0 Å². The van der Waals surface area contributed by atoms with Gasteiger partial charge in [0.15, 0.2) is 0 Å². The maximum absolute atomic E-state index is 12.9. The molecule has 142 valence electrons. The van der Waals surface area contributed by atoms with Crippen molar-refractivity contribution in [3.63, 3.8) is 0 Å². The third kappa shape index (κ3) is 3.36. The number of nitrogens with zero attached hydrogens (tertiary/aromatic N) is 6. The van der Waals surface area contributed by atoms with Crippen molar-refractivity contribution in [1.82, 2.24) is 30.0 Å². The number of aromatic nitrogens is 4. The van der Waals surface area contributed by atoms with E-state index in [-0.39, 0.29) is 12.0 Å². The van der Waals surface area contributed by atoms with Gasteiger partial charge in [-0.15, -0.1) is 10.2 Å².